The van der Waals surface area contributed by atoms with Gasteiger partial charge in [0.15, 0.2) is 13.1 Å². The number of nitro benzene ring substituents is 1. The number of anilines is 2. The minimum absolute atomic E-state index is 0.0120. The van der Waals surface area contributed by atoms with E-state index in [-0.39, 0.29) is 35.4 Å². The van der Waals surface area contributed by atoms with Crippen molar-refractivity contribution in [2.24, 2.45) is 0 Å². The Hall–Kier alpha value is -3.17. The number of methoxy groups -OCH3 is 1. The number of carbonyl (C=O) groups is 2. The molecule has 9 nitrogen and oxygen atoms in total. The van der Waals surface area contributed by atoms with E-state index in [1.54, 1.807) is 38.4 Å². The van der Waals surface area contributed by atoms with Crippen LogP contribution in [0, 0.1) is 10.1 Å². The minimum atomic E-state index is -0.606. The molecule has 3 N–H and O–H groups in total. The zero-order valence-corrected chi connectivity index (χ0v) is 16.1. The molecule has 2 amide bonds. The summed E-state index contributed by atoms with van der Waals surface area (Å²) in [5.74, 6) is -0.0724. The molecule has 148 valence electrons. The number of carbonyl (C=O) groups excluding carboxylic acids is 2. The van der Waals surface area contributed by atoms with E-state index in [0.717, 1.165) is 0 Å². The molecule has 0 aromatic heterocycles. The Morgan fingerprint density at radius 1 is 1.11 bits per heavy atom. The van der Waals surface area contributed by atoms with Crippen LogP contribution in [0.4, 0.5) is 17.1 Å². The van der Waals surface area contributed by atoms with E-state index >= 15 is 0 Å². The van der Waals surface area contributed by atoms with E-state index in [0.29, 0.717) is 16.3 Å². The van der Waals surface area contributed by atoms with Crippen LogP contribution in [0.5, 0.6) is 5.75 Å². The van der Waals surface area contributed by atoms with Crippen molar-refractivity contribution >= 4 is 40.5 Å². The van der Waals surface area contributed by atoms with Crippen molar-refractivity contribution in [3.05, 3.63) is 57.6 Å². The molecule has 28 heavy (non-hydrogen) atoms. The molecule has 0 saturated heterocycles. The average molecular weight is 408 g/mol. The summed E-state index contributed by atoms with van der Waals surface area (Å²) in [5, 5.41) is 16.5. The zero-order chi connectivity index (χ0) is 20.7. The molecular formula is C18H20ClN4O5+. The molecule has 0 aliphatic rings. The summed E-state index contributed by atoms with van der Waals surface area (Å²) in [4.78, 5) is 35.3. The van der Waals surface area contributed by atoms with E-state index in [2.05, 4.69) is 10.6 Å². The lowest BCUT2D eigenvalue weighted by molar-refractivity contribution is -0.862. The van der Waals surface area contributed by atoms with Gasteiger partial charge >= 0.3 is 0 Å². The third-order valence-electron chi connectivity index (χ3n) is 3.73. The molecule has 0 heterocycles. The second-order valence-electron chi connectivity index (χ2n) is 6.05. The first-order valence-electron chi connectivity index (χ1n) is 8.27. The fourth-order valence-electron chi connectivity index (χ4n) is 2.45. The third-order valence-corrected chi connectivity index (χ3v) is 3.96. The third kappa shape index (κ3) is 6.22. The van der Waals surface area contributed by atoms with Crippen LogP contribution in [0.15, 0.2) is 42.5 Å². The topological polar surface area (TPSA) is 115 Å². The van der Waals surface area contributed by atoms with E-state index < -0.39 is 10.8 Å². The number of amides is 2. The number of halogens is 1. The number of hydrogen-bond donors (Lipinski definition) is 3. The van der Waals surface area contributed by atoms with Gasteiger partial charge in [-0.05, 0) is 36.4 Å². The lowest BCUT2D eigenvalue weighted by atomic mass is 10.2. The van der Waals surface area contributed by atoms with Crippen LogP contribution >= 0.6 is 11.6 Å². The Kier molecular flexibility index (Phi) is 7.30. The van der Waals surface area contributed by atoms with E-state index in [1.165, 1.54) is 18.2 Å². The van der Waals surface area contributed by atoms with E-state index in [9.17, 15) is 19.7 Å². The van der Waals surface area contributed by atoms with Crippen LogP contribution in [0.2, 0.25) is 5.02 Å². The van der Waals surface area contributed by atoms with Crippen molar-refractivity contribution in [2.45, 2.75) is 0 Å². The number of likely N-dealkylation sites (N-methyl/N-ethyl adjacent to an activating group) is 1. The maximum atomic E-state index is 12.2. The van der Waals surface area contributed by atoms with Gasteiger partial charge < -0.3 is 20.3 Å². The monoisotopic (exact) mass is 407 g/mol. The summed E-state index contributed by atoms with van der Waals surface area (Å²) < 4.78 is 5.05. The van der Waals surface area contributed by atoms with Crippen molar-refractivity contribution in [3.63, 3.8) is 0 Å². The number of quaternary nitrogens is 1. The lowest BCUT2D eigenvalue weighted by Crippen LogP contribution is -3.11. The highest BCUT2D eigenvalue weighted by Gasteiger charge is 2.19. The molecule has 0 bridgehead atoms. The first-order valence-corrected chi connectivity index (χ1v) is 8.65. The van der Waals surface area contributed by atoms with Gasteiger partial charge in [0.1, 0.15) is 11.4 Å². The Bertz CT molecular complexity index is 873. The Labute approximate surface area is 166 Å². The molecule has 1 atom stereocenters. The van der Waals surface area contributed by atoms with Gasteiger partial charge in [-0.1, -0.05) is 11.6 Å². The van der Waals surface area contributed by atoms with Gasteiger partial charge in [0.2, 0.25) is 0 Å². The largest absolute Gasteiger partial charge is 0.497 e. The second-order valence-corrected chi connectivity index (χ2v) is 6.49. The van der Waals surface area contributed by atoms with Crippen LogP contribution in [0.25, 0.3) is 0 Å². The number of nitrogens with zero attached hydrogens (tertiary/aromatic N) is 1. The minimum Gasteiger partial charge on any atom is -0.497 e. The van der Waals surface area contributed by atoms with Gasteiger partial charge in [-0.3, -0.25) is 19.7 Å². The van der Waals surface area contributed by atoms with Crippen LogP contribution < -0.4 is 20.3 Å². The Balaban J connectivity index is 1.89. The summed E-state index contributed by atoms with van der Waals surface area (Å²) in [6.45, 7) is -0.0171. The maximum Gasteiger partial charge on any atom is 0.292 e. The summed E-state index contributed by atoms with van der Waals surface area (Å²) in [5.41, 5.74) is 0.364. The van der Waals surface area contributed by atoms with Gasteiger partial charge in [-0.2, -0.15) is 0 Å². The molecule has 0 radical (unpaired) electrons. The molecule has 0 fully saturated rings. The Morgan fingerprint density at radius 2 is 1.71 bits per heavy atom. The number of benzene rings is 2. The molecule has 0 aliphatic heterocycles. The highest BCUT2D eigenvalue weighted by Crippen LogP contribution is 2.27. The van der Waals surface area contributed by atoms with Crippen LogP contribution in [-0.4, -0.2) is 44.0 Å². The number of nitro groups is 1. The van der Waals surface area contributed by atoms with Gasteiger partial charge in [0, 0.05) is 16.8 Å². The molecule has 0 saturated carbocycles. The molecule has 1 unspecified atom stereocenters. The summed E-state index contributed by atoms with van der Waals surface area (Å²) in [7, 11) is 3.22. The normalized spacial score (nSPS) is 11.4. The molecule has 0 spiro atoms. The van der Waals surface area contributed by atoms with Crippen LogP contribution in [-0.2, 0) is 9.59 Å². The SMILES string of the molecule is COc1ccc(NC(=O)C[NH+](C)CC(=O)Nc2cc(Cl)ccc2[N+](=O)[O-])cc1. The quantitative estimate of drug-likeness (QED) is 0.451. The number of nitrogens with one attached hydrogen (secondary N) is 3. The van der Waals surface area contributed by atoms with E-state index in [1.807, 2.05) is 0 Å². The molecule has 0 aliphatic carbocycles. The van der Waals surface area contributed by atoms with Gasteiger partial charge in [0.05, 0.1) is 19.1 Å². The fourth-order valence-corrected chi connectivity index (χ4v) is 2.62. The maximum absolute atomic E-state index is 12.2. The summed E-state index contributed by atoms with van der Waals surface area (Å²) in [6.07, 6.45) is 0. The first-order chi connectivity index (χ1) is 13.3. The smallest absolute Gasteiger partial charge is 0.292 e. The summed E-state index contributed by atoms with van der Waals surface area (Å²) >= 11 is 5.84. The fraction of sp³-hybridized carbons (Fsp3) is 0.222. The molecular weight excluding hydrogens is 388 g/mol. The standard InChI is InChI=1S/C18H19ClN4O5/c1-22(10-17(24)20-13-4-6-14(28-2)7-5-13)11-18(25)21-15-9-12(19)3-8-16(15)23(26)27/h3-9H,10-11H2,1-2H3,(H,20,24)(H,21,25)/p+1. The second kappa shape index (κ2) is 9.67. The van der Waals surface area contributed by atoms with Gasteiger partial charge in [-0.25, -0.2) is 0 Å². The number of ether oxygens (including phenoxy) is 1. The van der Waals surface area contributed by atoms with Crippen molar-refractivity contribution in [1.29, 1.82) is 0 Å². The predicted molar refractivity (Wildman–Crippen MR) is 105 cm³/mol. The van der Waals surface area contributed by atoms with Crippen molar-refractivity contribution in [3.8, 4) is 5.75 Å². The highest BCUT2D eigenvalue weighted by molar-refractivity contribution is 6.31. The van der Waals surface area contributed by atoms with Gasteiger partial charge in [-0.15, -0.1) is 0 Å². The zero-order valence-electron chi connectivity index (χ0n) is 15.3. The molecule has 10 heteroatoms. The van der Waals surface area contributed by atoms with Gasteiger partial charge in [0.25, 0.3) is 17.5 Å². The average Bonchev–Trinajstić information content (AvgIpc) is 2.61. The number of rotatable bonds is 8. The van der Waals surface area contributed by atoms with Crippen molar-refractivity contribution in [1.82, 2.24) is 0 Å². The van der Waals surface area contributed by atoms with Crippen molar-refractivity contribution in [2.75, 3.05) is 37.9 Å². The lowest BCUT2D eigenvalue weighted by Gasteiger charge is -2.14. The summed E-state index contributed by atoms with van der Waals surface area (Å²) in [6, 6.07) is 10.7. The van der Waals surface area contributed by atoms with Crippen LogP contribution in [0.3, 0.4) is 0 Å². The highest BCUT2D eigenvalue weighted by atomic mass is 35.5. The predicted octanol–water partition coefficient (Wildman–Crippen LogP) is 1.35. The first kappa shape index (κ1) is 21.1. The molecule has 2 rings (SSSR count). The molecule has 2 aromatic carbocycles. The molecule has 2 aromatic rings. The van der Waals surface area contributed by atoms with E-state index in [4.69, 9.17) is 16.3 Å². The van der Waals surface area contributed by atoms with Crippen LogP contribution in [0.1, 0.15) is 0 Å². The Morgan fingerprint density at radius 3 is 2.29 bits per heavy atom. The number of hydrogen-bond acceptors (Lipinski definition) is 5. The van der Waals surface area contributed by atoms with Crippen molar-refractivity contribution < 1.29 is 24.1 Å².